The Morgan fingerprint density at radius 2 is 1.70 bits per heavy atom. The van der Waals surface area contributed by atoms with Gasteiger partial charge in [-0.15, -0.1) is 0 Å². The van der Waals surface area contributed by atoms with E-state index in [2.05, 4.69) is 12.6 Å². The molecular formula is C26H30O4. The van der Waals surface area contributed by atoms with E-state index in [9.17, 15) is 4.79 Å². The maximum absolute atomic E-state index is 11.0. The molecular weight excluding hydrogens is 376 g/mol. The summed E-state index contributed by atoms with van der Waals surface area (Å²) < 4.78 is 12.5. The lowest BCUT2D eigenvalue weighted by atomic mass is 9.57. The molecule has 3 aliphatic rings. The van der Waals surface area contributed by atoms with E-state index < -0.39 is 5.97 Å². The van der Waals surface area contributed by atoms with E-state index in [1.165, 1.54) is 0 Å². The van der Waals surface area contributed by atoms with Gasteiger partial charge in [0.15, 0.2) is 0 Å². The molecule has 3 aliphatic carbocycles. The Labute approximate surface area is 178 Å². The molecule has 3 saturated carbocycles. The largest absolute Gasteiger partial charge is 0.481 e. The molecule has 2 aromatic rings. The van der Waals surface area contributed by atoms with Crippen LogP contribution in [0.3, 0.4) is 0 Å². The Hall–Kier alpha value is -2.59. The van der Waals surface area contributed by atoms with Gasteiger partial charge in [0.2, 0.25) is 0 Å². The molecule has 0 saturated heterocycles. The van der Waals surface area contributed by atoms with Crippen LogP contribution >= 0.6 is 0 Å². The lowest BCUT2D eigenvalue weighted by molar-refractivity contribution is -0.150. The predicted octanol–water partition coefficient (Wildman–Crippen LogP) is 6.60. The third-order valence-corrected chi connectivity index (χ3v) is 6.95. The molecule has 158 valence electrons. The molecule has 4 heteroatoms. The first-order valence-corrected chi connectivity index (χ1v) is 10.9. The highest BCUT2D eigenvalue weighted by Gasteiger charge is 2.49. The summed E-state index contributed by atoms with van der Waals surface area (Å²) in [6.07, 6.45) is 9.24. The summed E-state index contributed by atoms with van der Waals surface area (Å²) in [5.41, 5.74) is 2.26. The Bertz CT molecular complexity index is 878. The van der Waals surface area contributed by atoms with Crippen LogP contribution in [0.1, 0.15) is 62.5 Å². The van der Waals surface area contributed by atoms with E-state index in [1.807, 2.05) is 48.5 Å². The zero-order valence-corrected chi connectivity index (χ0v) is 17.4. The third kappa shape index (κ3) is 4.76. The number of aliphatic carboxylic acids is 1. The van der Waals surface area contributed by atoms with E-state index in [0.717, 1.165) is 67.6 Å². The molecule has 4 nitrogen and oxygen atoms in total. The lowest BCUT2D eigenvalue weighted by Gasteiger charge is -2.53. The number of hydrogen-bond acceptors (Lipinski definition) is 3. The molecule has 0 atom stereocenters. The van der Waals surface area contributed by atoms with E-state index in [0.29, 0.717) is 6.61 Å². The van der Waals surface area contributed by atoms with E-state index >= 15 is 0 Å². The van der Waals surface area contributed by atoms with Crippen molar-refractivity contribution < 1.29 is 19.4 Å². The number of rotatable bonds is 9. The Morgan fingerprint density at radius 1 is 1.00 bits per heavy atom. The number of hydrogen-bond donors (Lipinski definition) is 1. The molecule has 0 aromatic heterocycles. The number of para-hydroxylation sites is 1. The van der Waals surface area contributed by atoms with Crippen molar-refractivity contribution in [3.63, 3.8) is 0 Å². The van der Waals surface area contributed by atoms with Gasteiger partial charge < -0.3 is 14.6 Å². The number of carboxylic acid groups (broad SMARTS) is 1. The van der Waals surface area contributed by atoms with Gasteiger partial charge in [-0.3, -0.25) is 4.79 Å². The minimum absolute atomic E-state index is 0.0599. The second-order valence-corrected chi connectivity index (χ2v) is 8.89. The molecule has 30 heavy (non-hydrogen) atoms. The summed E-state index contributed by atoms with van der Waals surface area (Å²) in [4.78, 5) is 11.0. The van der Waals surface area contributed by atoms with Crippen LogP contribution in [0.5, 0.6) is 11.5 Å². The molecule has 5 rings (SSSR count). The fraction of sp³-hybridized carbons (Fsp3) is 0.423. The first kappa shape index (κ1) is 20.7. The zero-order chi connectivity index (χ0) is 21.0. The lowest BCUT2D eigenvalue weighted by Crippen LogP contribution is -2.47. The highest BCUT2D eigenvalue weighted by Crippen LogP contribution is 2.56. The fourth-order valence-electron chi connectivity index (χ4n) is 5.00. The standard InChI is InChI=1S/C26H30O4/c1-2-20-16-21(18-23(17-20)30-22-6-4-3-5-7-22)19-29-26-13-10-25(11-14-26,12-15-26)9-8-24(27)28/h2-7,16-18H,1,8-15,19H2,(H,27,28). The van der Waals surface area contributed by atoms with Gasteiger partial charge in [0, 0.05) is 6.42 Å². The number of benzene rings is 2. The van der Waals surface area contributed by atoms with Crippen LogP contribution in [0, 0.1) is 5.41 Å². The van der Waals surface area contributed by atoms with Gasteiger partial charge in [-0.2, -0.15) is 0 Å². The van der Waals surface area contributed by atoms with Crippen LogP contribution in [-0.4, -0.2) is 16.7 Å². The molecule has 2 aromatic carbocycles. The van der Waals surface area contributed by atoms with Crippen LogP contribution in [0.15, 0.2) is 55.1 Å². The Balaban J connectivity index is 1.40. The molecule has 1 N–H and O–H groups in total. The van der Waals surface area contributed by atoms with Gasteiger partial charge in [-0.05, 0) is 91.8 Å². The third-order valence-electron chi connectivity index (χ3n) is 6.95. The van der Waals surface area contributed by atoms with Gasteiger partial charge in [0.1, 0.15) is 11.5 Å². The van der Waals surface area contributed by atoms with Crippen molar-refractivity contribution in [1.29, 1.82) is 0 Å². The molecule has 0 heterocycles. The number of carboxylic acids is 1. The maximum atomic E-state index is 11.0. The summed E-state index contributed by atoms with van der Waals surface area (Å²) in [5, 5.41) is 9.04. The first-order valence-electron chi connectivity index (χ1n) is 10.9. The average molecular weight is 407 g/mol. The molecule has 0 radical (unpaired) electrons. The summed E-state index contributed by atoms with van der Waals surface area (Å²) >= 11 is 0. The van der Waals surface area contributed by atoms with Crippen LogP contribution in [0.4, 0.5) is 0 Å². The highest BCUT2D eigenvalue weighted by molar-refractivity contribution is 5.66. The molecule has 3 fully saturated rings. The van der Waals surface area contributed by atoms with E-state index in [-0.39, 0.29) is 17.4 Å². The Morgan fingerprint density at radius 3 is 2.33 bits per heavy atom. The molecule has 2 bridgehead atoms. The summed E-state index contributed by atoms with van der Waals surface area (Å²) in [7, 11) is 0. The van der Waals surface area contributed by atoms with Gasteiger partial charge in [-0.1, -0.05) is 30.9 Å². The van der Waals surface area contributed by atoms with Crippen molar-refractivity contribution in [3.05, 3.63) is 66.2 Å². The zero-order valence-electron chi connectivity index (χ0n) is 17.4. The summed E-state index contributed by atoms with van der Waals surface area (Å²) in [6.45, 7) is 4.46. The van der Waals surface area contributed by atoms with Crippen molar-refractivity contribution in [1.82, 2.24) is 0 Å². The van der Waals surface area contributed by atoms with Crippen molar-refractivity contribution in [3.8, 4) is 11.5 Å². The van der Waals surface area contributed by atoms with Gasteiger partial charge >= 0.3 is 5.97 Å². The van der Waals surface area contributed by atoms with Gasteiger partial charge in [0.05, 0.1) is 12.2 Å². The van der Waals surface area contributed by atoms with Crippen LogP contribution < -0.4 is 4.74 Å². The van der Waals surface area contributed by atoms with Crippen LogP contribution in [0.2, 0.25) is 0 Å². The SMILES string of the molecule is C=Cc1cc(COC23CCC(CCC(=O)O)(CC2)CC3)cc(Oc2ccccc2)c1. The number of carbonyl (C=O) groups is 1. The minimum atomic E-state index is -0.682. The second kappa shape index (κ2) is 8.65. The monoisotopic (exact) mass is 406 g/mol. The normalized spacial score (nSPS) is 25.1. The highest BCUT2D eigenvalue weighted by atomic mass is 16.5. The molecule has 0 unspecified atom stereocenters. The molecule has 0 amide bonds. The van der Waals surface area contributed by atoms with Gasteiger partial charge in [0.25, 0.3) is 0 Å². The smallest absolute Gasteiger partial charge is 0.303 e. The maximum Gasteiger partial charge on any atom is 0.303 e. The van der Waals surface area contributed by atoms with Crippen molar-refractivity contribution in [2.75, 3.05) is 0 Å². The van der Waals surface area contributed by atoms with Gasteiger partial charge in [-0.25, -0.2) is 0 Å². The van der Waals surface area contributed by atoms with E-state index in [4.69, 9.17) is 14.6 Å². The Kier molecular flexibility index (Phi) is 5.96. The van der Waals surface area contributed by atoms with Crippen LogP contribution in [-0.2, 0) is 16.1 Å². The molecule has 0 aliphatic heterocycles. The second-order valence-electron chi connectivity index (χ2n) is 8.89. The number of ether oxygens (including phenoxy) is 2. The molecule has 0 spiro atoms. The van der Waals surface area contributed by atoms with E-state index in [1.54, 1.807) is 0 Å². The predicted molar refractivity (Wildman–Crippen MR) is 118 cm³/mol. The van der Waals surface area contributed by atoms with Crippen LogP contribution in [0.25, 0.3) is 6.08 Å². The van der Waals surface area contributed by atoms with Crippen molar-refractivity contribution >= 4 is 12.0 Å². The summed E-state index contributed by atoms with van der Waals surface area (Å²) in [5.74, 6) is 0.912. The minimum Gasteiger partial charge on any atom is -0.481 e. The average Bonchev–Trinajstić information content (AvgIpc) is 2.78. The quantitative estimate of drug-likeness (QED) is 0.510. The fourth-order valence-corrected chi connectivity index (χ4v) is 5.00. The topological polar surface area (TPSA) is 55.8 Å². The van der Waals surface area contributed by atoms with Crippen molar-refractivity contribution in [2.24, 2.45) is 5.41 Å². The summed E-state index contributed by atoms with van der Waals surface area (Å²) in [6, 6.07) is 15.9. The first-order chi connectivity index (χ1) is 14.5. The number of fused-ring (bicyclic) bond motifs is 3. The van der Waals surface area contributed by atoms with Crippen molar-refractivity contribution in [2.45, 2.75) is 63.6 Å².